The van der Waals surface area contributed by atoms with Gasteiger partial charge in [0.05, 0.1) is 31.6 Å². The summed E-state index contributed by atoms with van der Waals surface area (Å²) in [5.74, 6) is 1.82. The number of piperidine rings is 1. The third kappa shape index (κ3) is 5.66. The first-order chi connectivity index (χ1) is 15.6. The van der Waals surface area contributed by atoms with Gasteiger partial charge in [-0.2, -0.15) is 0 Å². The SMILES string of the molecule is Cc1noc(C)c1Cc1ccc(C(=O)N2CCC(OCCOCc3ccccc3)CC2)o1. The molecular weight excluding hydrogens is 408 g/mol. The minimum absolute atomic E-state index is 0.0698. The predicted octanol–water partition coefficient (Wildman–Crippen LogP) is 4.31. The zero-order valence-corrected chi connectivity index (χ0v) is 18.7. The van der Waals surface area contributed by atoms with Gasteiger partial charge in [0.25, 0.3) is 5.91 Å². The Labute approximate surface area is 188 Å². The van der Waals surface area contributed by atoms with Crippen molar-refractivity contribution in [2.24, 2.45) is 0 Å². The Morgan fingerprint density at radius 2 is 1.88 bits per heavy atom. The Balaban J connectivity index is 1.17. The maximum Gasteiger partial charge on any atom is 0.289 e. The van der Waals surface area contributed by atoms with Gasteiger partial charge in [-0.05, 0) is 44.4 Å². The number of aryl methyl sites for hydroxylation is 2. The van der Waals surface area contributed by atoms with Gasteiger partial charge in [0.15, 0.2) is 5.76 Å². The van der Waals surface area contributed by atoms with E-state index >= 15 is 0 Å². The number of aromatic nitrogens is 1. The molecule has 1 amide bonds. The van der Waals surface area contributed by atoms with Gasteiger partial charge in [-0.25, -0.2) is 0 Å². The summed E-state index contributed by atoms with van der Waals surface area (Å²) in [6, 6.07) is 13.7. The number of likely N-dealkylation sites (tertiary alicyclic amines) is 1. The second kappa shape index (κ2) is 10.6. The zero-order valence-electron chi connectivity index (χ0n) is 18.7. The molecule has 3 aromatic rings. The molecule has 0 bridgehead atoms. The van der Waals surface area contributed by atoms with Crippen LogP contribution in [-0.4, -0.2) is 48.4 Å². The molecule has 1 fully saturated rings. The molecule has 0 saturated carbocycles. The Morgan fingerprint density at radius 3 is 2.59 bits per heavy atom. The molecule has 170 valence electrons. The van der Waals surface area contributed by atoms with Crippen molar-refractivity contribution < 1.29 is 23.2 Å². The van der Waals surface area contributed by atoms with E-state index in [4.69, 9.17) is 18.4 Å². The second-order valence-corrected chi connectivity index (χ2v) is 8.15. The van der Waals surface area contributed by atoms with Crippen molar-refractivity contribution in [1.29, 1.82) is 0 Å². The standard InChI is InChI=1S/C25H30N2O5/c1-18-23(19(2)32-26-18)16-22-8-9-24(31-22)25(28)27-12-10-21(11-13-27)30-15-14-29-17-20-6-4-3-5-7-20/h3-9,21H,10-17H2,1-2H3. The molecule has 0 aliphatic carbocycles. The quantitative estimate of drug-likeness (QED) is 0.463. The summed E-state index contributed by atoms with van der Waals surface area (Å²) >= 11 is 0. The van der Waals surface area contributed by atoms with Crippen LogP contribution in [0.15, 0.2) is 51.4 Å². The first-order valence-corrected chi connectivity index (χ1v) is 11.1. The van der Waals surface area contributed by atoms with Gasteiger partial charge in [-0.3, -0.25) is 4.79 Å². The maximum atomic E-state index is 12.8. The number of hydrogen-bond donors (Lipinski definition) is 0. The Hall–Kier alpha value is -2.90. The third-order valence-corrected chi connectivity index (χ3v) is 5.83. The third-order valence-electron chi connectivity index (χ3n) is 5.83. The lowest BCUT2D eigenvalue weighted by atomic mass is 10.1. The van der Waals surface area contributed by atoms with Gasteiger partial charge in [-0.1, -0.05) is 35.5 Å². The fraction of sp³-hybridized carbons (Fsp3) is 0.440. The van der Waals surface area contributed by atoms with E-state index in [1.165, 1.54) is 0 Å². The number of hydrogen-bond acceptors (Lipinski definition) is 6. The number of nitrogens with zero attached hydrogens (tertiary/aromatic N) is 2. The number of benzene rings is 1. The highest BCUT2D eigenvalue weighted by molar-refractivity contribution is 5.91. The fourth-order valence-electron chi connectivity index (χ4n) is 3.94. The van der Waals surface area contributed by atoms with Gasteiger partial charge in [0.1, 0.15) is 11.5 Å². The van der Waals surface area contributed by atoms with Gasteiger partial charge in [-0.15, -0.1) is 0 Å². The van der Waals surface area contributed by atoms with Gasteiger partial charge >= 0.3 is 0 Å². The minimum atomic E-state index is -0.0698. The number of carbonyl (C=O) groups excluding carboxylic acids is 1. The molecule has 1 aliphatic heterocycles. The monoisotopic (exact) mass is 438 g/mol. The molecule has 2 aromatic heterocycles. The van der Waals surface area contributed by atoms with E-state index in [1.807, 2.05) is 55.1 Å². The second-order valence-electron chi connectivity index (χ2n) is 8.15. The highest BCUT2D eigenvalue weighted by Gasteiger charge is 2.26. The van der Waals surface area contributed by atoms with Gasteiger partial charge in [0, 0.05) is 25.1 Å². The van der Waals surface area contributed by atoms with E-state index < -0.39 is 0 Å². The molecule has 0 N–H and O–H groups in total. The van der Waals surface area contributed by atoms with Crippen LogP contribution < -0.4 is 0 Å². The van der Waals surface area contributed by atoms with E-state index in [2.05, 4.69) is 5.16 Å². The van der Waals surface area contributed by atoms with Crippen LogP contribution in [0.1, 0.15) is 51.7 Å². The first kappa shape index (κ1) is 22.3. The fourth-order valence-corrected chi connectivity index (χ4v) is 3.94. The average molecular weight is 439 g/mol. The number of ether oxygens (including phenoxy) is 2. The van der Waals surface area contributed by atoms with Crippen molar-refractivity contribution in [3.8, 4) is 0 Å². The van der Waals surface area contributed by atoms with Crippen LogP contribution in [0.25, 0.3) is 0 Å². The molecule has 32 heavy (non-hydrogen) atoms. The summed E-state index contributed by atoms with van der Waals surface area (Å²) in [7, 11) is 0. The molecule has 0 atom stereocenters. The predicted molar refractivity (Wildman–Crippen MR) is 118 cm³/mol. The van der Waals surface area contributed by atoms with Gasteiger partial charge in [0.2, 0.25) is 0 Å². The van der Waals surface area contributed by atoms with E-state index in [-0.39, 0.29) is 12.0 Å². The summed E-state index contributed by atoms with van der Waals surface area (Å²) < 4.78 is 22.6. The number of carbonyl (C=O) groups is 1. The lowest BCUT2D eigenvalue weighted by molar-refractivity contribution is -0.0232. The van der Waals surface area contributed by atoms with Gasteiger partial charge < -0.3 is 23.3 Å². The van der Waals surface area contributed by atoms with Crippen molar-refractivity contribution in [3.63, 3.8) is 0 Å². The average Bonchev–Trinajstić information content (AvgIpc) is 3.42. The smallest absolute Gasteiger partial charge is 0.289 e. The van der Waals surface area contributed by atoms with Crippen LogP contribution in [-0.2, 0) is 22.5 Å². The van der Waals surface area contributed by atoms with Crippen LogP contribution in [0.2, 0.25) is 0 Å². The highest BCUT2D eigenvalue weighted by atomic mass is 16.5. The van der Waals surface area contributed by atoms with Crippen LogP contribution in [0.3, 0.4) is 0 Å². The maximum absolute atomic E-state index is 12.8. The molecule has 3 heterocycles. The molecule has 0 spiro atoms. The summed E-state index contributed by atoms with van der Waals surface area (Å²) in [4.78, 5) is 14.7. The number of amides is 1. The molecule has 4 rings (SSSR count). The zero-order chi connectivity index (χ0) is 22.3. The highest BCUT2D eigenvalue weighted by Crippen LogP contribution is 2.21. The topological polar surface area (TPSA) is 77.9 Å². The molecule has 1 aromatic carbocycles. The van der Waals surface area contributed by atoms with Crippen LogP contribution in [0.4, 0.5) is 0 Å². The minimum Gasteiger partial charge on any atom is -0.456 e. The number of rotatable bonds is 9. The van der Waals surface area contributed by atoms with Crippen molar-refractivity contribution in [3.05, 3.63) is 76.6 Å². The summed E-state index contributed by atoms with van der Waals surface area (Å²) in [5, 5.41) is 3.97. The Kier molecular flexibility index (Phi) is 7.39. The molecule has 1 saturated heterocycles. The van der Waals surface area contributed by atoms with E-state index in [9.17, 15) is 4.79 Å². The molecule has 7 heteroatoms. The van der Waals surface area contributed by atoms with Crippen molar-refractivity contribution in [2.45, 2.75) is 45.8 Å². The Bertz CT molecular complexity index is 983. The largest absolute Gasteiger partial charge is 0.456 e. The Morgan fingerprint density at radius 1 is 1.09 bits per heavy atom. The summed E-state index contributed by atoms with van der Waals surface area (Å²) in [6.07, 6.45) is 2.36. The normalized spacial score (nSPS) is 14.8. The van der Waals surface area contributed by atoms with Crippen molar-refractivity contribution >= 4 is 5.91 Å². The molecule has 1 aliphatic rings. The first-order valence-electron chi connectivity index (χ1n) is 11.1. The molecule has 0 unspecified atom stereocenters. The molecule has 0 radical (unpaired) electrons. The van der Waals surface area contributed by atoms with Crippen LogP contribution in [0, 0.1) is 13.8 Å². The van der Waals surface area contributed by atoms with E-state index in [1.54, 1.807) is 6.07 Å². The summed E-state index contributed by atoms with van der Waals surface area (Å²) in [5.41, 5.74) is 3.01. The lowest BCUT2D eigenvalue weighted by Gasteiger charge is -2.31. The van der Waals surface area contributed by atoms with E-state index in [0.29, 0.717) is 45.1 Å². The van der Waals surface area contributed by atoms with Crippen molar-refractivity contribution in [2.75, 3.05) is 26.3 Å². The van der Waals surface area contributed by atoms with Crippen molar-refractivity contribution in [1.82, 2.24) is 10.1 Å². The molecular formula is C25H30N2O5. The van der Waals surface area contributed by atoms with Crippen LogP contribution in [0.5, 0.6) is 0 Å². The molecule has 7 nitrogen and oxygen atoms in total. The van der Waals surface area contributed by atoms with E-state index in [0.717, 1.165) is 41.2 Å². The summed E-state index contributed by atoms with van der Waals surface area (Å²) in [6.45, 7) is 6.83. The van der Waals surface area contributed by atoms with Crippen LogP contribution >= 0.6 is 0 Å². The lowest BCUT2D eigenvalue weighted by Crippen LogP contribution is -2.41. The number of furan rings is 1.